The van der Waals surface area contributed by atoms with Crippen LogP contribution in [-0.4, -0.2) is 29.8 Å². The monoisotopic (exact) mass is 325 g/mol. The number of ether oxygens (including phenoxy) is 1. The Morgan fingerprint density at radius 2 is 2.05 bits per heavy atom. The first-order chi connectivity index (χ1) is 10.6. The van der Waals surface area contributed by atoms with Gasteiger partial charge in [-0.3, -0.25) is 9.59 Å². The molecule has 0 bridgehead atoms. The number of carbonyl (C=O) groups excluding carboxylic acids is 2. The zero-order valence-corrected chi connectivity index (χ0v) is 13.3. The van der Waals surface area contributed by atoms with Crippen molar-refractivity contribution in [3.63, 3.8) is 0 Å². The number of benzene rings is 1. The first-order valence-corrected chi connectivity index (χ1v) is 8.42. The molecule has 0 spiro atoms. The van der Waals surface area contributed by atoms with Crippen LogP contribution in [0.25, 0.3) is 0 Å². The second kappa shape index (κ2) is 8.17. The lowest BCUT2D eigenvalue weighted by Crippen LogP contribution is -2.41. The van der Waals surface area contributed by atoms with Crippen LogP contribution >= 0.6 is 11.8 Å². The van der Waals surface area contributed by atoms with E-state index in [-0.39, 0.29) is 23.5 Å². The first-order valence-electron chi connectivity index (χ1n) is 7.43. The smallest absolute Gasteiger partial charge is 0.317 e. The minimum absolute atomic E-state index is 0.0258. The van der Waals surface area contributed by atoms with Crippen LogP contribution in [0.2, 0.25) is 0 Å². The summed E-state index contributed by atoms with van der Waals surface area (Å²) in [7, 11) is 0. The quantitative estimate of drug-likeness (QED) is 0.645. The molecule has 1 aromatic carbocycles. The van der Waals surface area contributed by atoms with E-state index in [2.05, 4.69) is 5.32 Å². The molecule has 0 radical (unpaired) electrons. The summed E-state index contributed by atoms with van der Waals surface area (Å²) < 4.78 is 18.5. The van der Waals surface area contributed by atoms with Gasteiger partial charge in [-0.25, -0.2) is 4.39 Å². The van der Waals surface area contributed by atoms with Gasteiger partial charge in [0.1, 0.15) is 5.82 Å². The van der Waals surface area contributed by atoms with Crippen molar-refractivity contribution >= 4 is 23.6 Å². The Balaban J connectivity index is 1.73. The van der Waals surface area contributed by atoms with Crippen LogP contribution < -0.4 is 5.32 Å². The molecular formula is C16H20FNO3S. The number of rotatable bonds is 6. The molecule has 2 rings (SSSR count). The molecule has 4 nitrogen and oxygen atoms in total. The average molecular weight is 325 g/mol. The summed E-state index contributed by atoms with van der Waals surface area (Å²) in [5.41, 5.74) is 0. The molecule has 1 atom stereocenters. The fraction of sp³-hybridized carbons (Fsp3) is 0.500. The molecule has 1 aliphatic carbocycles. The summed E-state index contributed by atoms with van der Waals surface area (Å²) in [4.78, 5) is 24.0. The van der Waals surface area contributed by atoms with Gasteiger partial charge in [0.25, 0.3) is 5.91 Å². The van der Waals surface area contributed by atoms with Crippen molar-refractivity contribution in [1.82, 2.24) is 5.32 Å². The number of thioether (sulfide) groups is 1. The number of esters is 1. The highest BCUT2D eigenvalue weighted by atomic mass is 32.2. The summed E-state index contributed by atoms with van der Waals surface area (Å²) in [6.07, 6.45) is 3.39. The molecule has 120 valence electrons. The fourth-order valence-corrected chi connectivity index (χ4v) is 3.09. The lowest BCUT2D eigenvalue weighted by Gasteiger charge is -2.17. The predicted molar refractivity (Wildman–Crippen MR) is 83.1 cm³/mol. The third kappa shape index (κ3) is 5.02. The third-order valence-electron chi connectivity index (χ3n) is 3.56. The van der Waals surface area contributed by atoms with Gasteiger partial charge in [0.15, 0.2) is 6.10 Å². The van der Waals surface area contributed by atoms with Crippen LogP contribution in [0.5, 0.6) is 0 Å². The maximum atomic E-state index is 13.4. The van der Waals surface area contributed by atoms with E-state index in [9.17, 15) is 14.0 Å². The van der Waals surface area contributed by atoms with E-state index in [1.165, 1.54) is 6.07 Å². The molecule has 0 saturated heterocycles. The van der Waals surface area contributed by atoms with E-state index in [4.69, 9.17) is 4.74 Å². The van der Waals surface area contributed by atoms with Crippen LogP contribution in [0.15, 0.2) is 29.2 Å². The Hall–Kier alpha value is -1.56. The van der Waals surface area contributed by atoms with Crippen molar-refractivity contribution in [3.05, 3.63) is 30.1 Å². The van der Waals surface area contributed by atoms with Gasteiger partial charge in [0, 0.05) is 10.9 Å². The summed E-state index contributed by atoms with van der Waals surface area (Å²) in [6, 6.07) is 6.43. The largest absolute Gasteiger partial charge is 0.452 e. The highest BCUT2D eigenvalue weighted by Crippen LogP contribution is 2.21. The average Bonchev–Trinajstić information content (AvgIpc) is 2.99. The number of carbonyl (C=O) groups is 2. The number of hydrogen-bond donors (Lipinski definition) is 1. The SMILES string of the molecule is C[C@@H](OC(=O)CSc1ccccc1F)C(=O)NC1CCCC1. The van der Waals surface area contributed by atoms with E-state index in [1.807, 2.05) is 0 Å². The van der Waals surface area contributed by atoms with Crippen LogP contribution in [0.1, 0.15) is 32.6 Å². The molecule has 1 aromatic rings. The number of nitrogens with one attached hydrogen (secondary N) is 1. The molecule has 1 amide bonds. The summed E-state index contributed by atoms with van der Waals surface area (Å²) in [5, 5.41) is 2.88. The van der Waals surface area contributed by atoms with Gasteiger partial charge in [-0.2, -0.15) is 0 Å². The number of hydrogen-bond acceptors (Lipinski definition) is 4. The van der Waals surface area contributed by atoms with Crippen molar-refractivity contribution in [2.24, 2.45) is 0 Å². The standard InChI is InChI=1S/C16H20FNO3S/c1-11(16(20)18-12-6-2-3-7-12)21-15(19)10-22-14-9-5-4-8-13(14)17/h4-5,8-9,11-12H,2-3,6-7,10H2,1H3,(H,18,20)/t11-/m1/s1. The summed E-state index contributed by atoms with van der Waals surface area (Å²) in [5.74, 6) is -1.19. The molecule has 0 heterocycles. The first kappa shape index (κ1) is 16.8. The zero-order chi connectivity index (χ0) is 15.9. The van der Waals surface area contributed by atoms with Crippen molar-refractivity contribution in [3.8, 4) is 0 Å². The van der Waals surface area contributed by atoms with Crippen molar-refractivity contribution < 1.29 is 18.7 Å². The maximum absolute atomic E-state index is 13.4. The van der Waals surface area contributed by atoms with Crippen LogP contribution in [0, 0.1) is 5.82 Å². The maximum Gasteiger partial charge on any atom is 0.317 e. The van der Waals surface area contributed by atoms with Crippen molar-refractivity contribution in [2.75, 3.05) is 5.75 Å². The van der Waals surface area contributed by atoms with E-state index in [0.717, 1.165) is 37.4 Å². The van der Waals surface area contributed by atoms with Gasteiger partial charge in [-0.05, 0) is 31.9 Å². The molecule has 1 aliphatic rings. The van der Waals surface area contributed by atoms with Gasteiger partial charge >= 0.3 is 5.97 Å². The zero-order valence-electron chi connectivity index (χ0n) is 12.5. The van der Waals surface area contributed by atoms with E-state index in [1.54, 1.807) is 25.1 Å². The molecule has 0 unspecified atom stereocenters. The molecular weight excluding hydrogens is 305 g/mol. The Morgan fingerprint density at radius 1 is 1.36 bits per heavy atom. The van der Waals surface area contributed by atoms with Crippen molar-refractivity contribution in [1.29, 1.82) is 0 Å². The Bertz CT molecular complexity index is 532. The predicted octanol–water partition coefficient (Wildman–Crippen LogP) is 2.91. The highest BCUT2D eigenvalue weighted by molar-refractivity contribution is 8.00. The van der Waals surface area contributed by atoms with Crippen LogP contribution in [0.4, 0.5) is 4.39 Å². The lowest BCUT2D eigenvalue weighted by atomic mass is 10.2. The fourth-order valence-electron chi connectivity index (χ4n) is 2.37. The molecule has 6 heteroatoms. The topological polar surface area (TPSA) is 55.4 Å². The second-order valence-electron chi connectivity index (χ2n) is 5.34. The van der Waals surface area contributed by atoms with Crippen molar-refractivity contribution in [2.45, 2.75) is 49.6 Å². The molecule has 0 aliphatic heterocycles. The number of halogens is 1. The highest BCUT2D eigenvalue weighted by Gasteiger charge is 2.23. The Kier molecular flexibility index (Phi) is 6.24. The molecule has 1 saturated carbocycles. The summed E-state index contributed by atoms with van der Waals surface area (Å²) >= 11 is 1.06. The molecule has 0 aromatic heterocycles. The molecule has 1 N–H and O–H groups in total. The number of amides is 1. The van der Waals surface area contributed by atoms with Gasteiger partial charge in [0.05, 0.1) is 5.75 Å². The molecule has 1 fully saturated rings. The molecule has 22 heavy (non-hydrogen) atoms. The Labute approximate surface area is 133 Å². The normalized spacial score (nSPS) is 16.3. The van der Waals surface area contributed by atoms with Gasteiger partial charge in [-0.1, -0.05) is 25.0 Å². The Morgan fingerprint density at radius 3 is 2.73 bits per heavy atom. The minimum atomic E-state index is -0.825. The second-order valence-corrected chi connectivity index (χ2v) is 6.36. The van der Waals surface area contributed by atoms with Crippen LogP contribution in [0.3, 0.4) is 0 Å². The van der Waals surface area contributed by atoms with Gasteiger partial charge < -0.3 is 10.1 Å². The van der Waals surface area contributed by atoms with Gasteiger partial charge in [-0.15, -0.1) is 11.8 Å². The van der Waals surface area contributed by atoms with E-state index < -0.39 is 12.1 Å². The van der Waals surface area contributed by atoms with E-state index >= 15 is 0 Å². The lowest BCUT2D eigenvalue weighted by molar-refractivity contribution is -0.152. The third-order valence-corrected chi connectivity index (χ3v) is 4.58. The van der Waals surface area contributed by atoms with Crippen LogP contribution in [-0.2, 0) is 14.3 Å². The minimum Gasteiger partial charge on any atom is -0.452 e. The van der Waals surface area contributed by atoms with Gasteiger partial charge in [0.2, 0.25) is 0 Å². The summed E-state index contributed by atoms with van der Waals surface area (Å²) in [6.45, 7) is 1.55. The van der Waals surface area contributed by atoms with E-state index in [0.29, 0.717) is 4.90 Å².